The zero-order valence-corrected chi connectivity index (χ0v) is 9.93. The minimum Gasteiger partial charge on any atom is -0.468 e. The van der Waals surface area contributed by atoms with Gasteiger partial charge in [0.05, 0.1) is 7.11 Å². The molecule has 1 unspecified atom stereocenters. The first kappa shape index (κ1) is 12.5. The van der Waals surface area contributed by atoms with Crippen molar-refractivity contribution >= 4 is 5.97 Å². The van der Waals surface area contributed by atoms with E-state index in [0.717, 1.165) is 13.1 Å². The lowest BCUT2D eigenvalue weighted by Gasteiger charge is -2.29. The summed E-state index contributed by atoms with van der Waals surface area (Å²) in [5.74, 6) is -0.210. The Labute approximate surface area is 91.8 Å². The Bertz CT molecular complexity index is 211. The highest BCUT2D eigenvalue weighted by Crippen LogP contribution is 2.09. The monoisotopic (exact) mass is 214 g/mol. The number of hydrogen-bond donors (Lipinski definition) is 2. The number of methoxy groups -OCH3 is 1. The van der Waals surface area contributed by atoms with Crippen molar-refractivity contribution < 1.29 is 9.53 Å². The number of piperidine rings is 1. The Kier molecular flexibility index (Phi) is 4.54. The van der Waals surface area contributed by atoms with Crippen LogP contribution in [0.5, 0.6) is 0 Å². The van der Waals surface area contributed by atoms with Crippen LogP contribution in [0, 0.1) is 0 Å². The van der Waals surface area contributed by atoms with Crippen LogP contribution in [-0.2, 0) is 9.53 Å². The highest BCUT2D eigenvalue weighted by atomic mass is 16.5. The van der Waals surface area contributed by atoms with Gasteiger partial charge in [-0.1, -0.05) is 6.42 Å². The van der Waals surface area contributed by atoms with Gasteiger partial charge in [0, 0.05) is 12.6 Å². The highest BCUT2D eigenvalue weighted by Gasteiger charge is 2.28. The predicted octanol–water partition coefficient (Wildman–Crippen LogP) is 0.670. The number of rotatable bonds is 4. The van der Waals surface area contributed by atoms with E-state index in [-0.39, 0.29) is 5.97 Å². The van der Waals surface area contributed by atoms with Gasteiger partial charge in [-0.15, -0.1) is 0 Å². The van der Waals surface area contributed by atoms with Crippen molar-refractivity contribution in [3.05, 3.63) is 0 Å². The van der Waals surface area contributed by atoms with Gasteiger partial charge in [-0.05, 0) is 33.2 Å². The van der Waals surface area contributed by atoms with Crippen LogP contribution in [0.15, 0.2) is 0 Å². The van der Waals surface area contributed by atoms with Crippen LogP contribution < -0.4 is 10.6 Å². The number of nitrogens with one attached hydrogen (secondary N) is 2. The van der Waals surface area contributed by atoms with Gasteiger partial charge in [0.25, 0.3) is 0 Å². The predicted molar refractivity (Wildman–Crippen MR) is 59.7 cm³/mol. The summed E-state index contributed by atoms with van der Waals surface area (Å²) < 4.78 is 4.73. The maximum atomic E-state index is 11.4. The van der Waals surface area contributed by atoms with Gasteiger partial charge >= 0.3 is 5.97 Å². The van der Waals surface area contributed by atoms with Crippen LogP contribution in [0.25, 0.3) is 0 Å². The molecule has 1 aliphatic rings. The number of carbonyl (C=O) groups is 1. The Balaban J connectivity index is 2.31. The van der Waals surface area contributed by atoms with Crippen LogP contribution >= 0.6 is 0 Å². The average molecular weight is 214 g/mol. The average Bonchev–Trinajstić information content (AvgIpc) is 2.27. The van der Waals surface area contributed by atoms with E-state index >= 15 is 0 Å². The number of carbonyl (C=O) groups excluding carboxylic acids is 1. The molecule has 1 rings (SSSR count). The third-order valence-corrected chi connectivity index (χ3v) is 2.90. The van der Waals surface area contributed by atoms with Gasteiger partial charge in [0.1, 0.15) is 5.54 Å². The molecular weight excluding hydrogens is 192 g/mol. The molecule has 1 heterocycles. The van der Waals surface area contributed by atoms with Gasteiger partial charge in [-0.2, -0.15) is 0 Å². The largest absolute Gasteiger partial charge is 0.468 e. The van der Waals surface area contributed by atoms with E-state index in [1.807, 2.05) is 13.8 Å². The normalized spacial score (nSPS) is 22.5. The summed E-state index contributed by atoms with van der Waals surface area (Å²) in [7, 11) is 1.42. The molecule has 0 aromatic rings. The standard InChI is InChI=1S/C11H22N2O2/c1-11(2,10(14)15-3)13-8-9-6-4-5-7-12-9/h9,12-13H,4-8H2,1-3H3. The topological polar surface area (TPSA) is 50.4 Å². The molecule has 0 bridgehead atoms. The molecule has 0 aromatic carbocycles. The minimum absolute atomic E-state index is 0.210. The van der Waals surface area contributed by atoms with Gasteiger partial charge in [0.15, 0.2) is 0 Å². The maximum absolute atomic E-state index is 11.4. The summed E-state index contributed by atoms with van der Waals surface area (Å²) in [4.78, 5) is 11.4. The third kappa shape index (κ3) is 3.80. The fraction of sp³-hybridized carbons (Fsp3) is 0.909. The van der Waals surface area contributed by atoms with Crippen LogP contribution in [0.2, 0.25) is 0 Å². The first-order chi connectivity index (χ1) is 7.06. The van der Waals surface area contributed by atoms with Crippen LogP contribution in [0.4, 0.5) is 0 Å². The SMILES string of the molecule is COC(=O)C(C)(C)NCC1CCCCN1. The van der Waals surface area contributed by atoms with E-state index in [9.17, 15) is 4.79 Å². The number of esters is 1. The molecule has 15 heavy (non-hydrogen) atoms. The Morgan fingerprint density at radius 3 is 2.80 bits per heavy atom. The first-order valence-corrected chi connectivity index (χ1v) is 5.63. The van der Waals surface area contributed by atoms with Crippen LogP contribution in [-0.4, -0.2) is 37.7 Å². The molecule has 1 fully saturated rings. The second-order valence-electron chi connectivity index (χ2n) is 4.64. The van der Waals surface area contributed by atoms with Crippen molar-refractivity contribution in [2.45, 2.75) is 44.7 Å². The van der Waals surface area contributed by atoms with E-state index < -0.39 is 5.54 Å². The van der Waals surface area contributed by atoms with Gasteiger partial charge in [-0.3, -0.25) is 4.79 Å². The van der Waals surface area contributed by atoms with E-state index in [1.54, 1.807) is 0 Å². The van der Waals surface area contributed by atoms with Crippen molar-refractivity contribution in [1.82, 2.24) is 10.6 Å². The molecular formula is C11H22N2O2. The van der Waals surface area contributed by atoms with E-state index in [4.69, 9.17) is 4.74 Å². The Morgan fingerprint density at radius 1 is 1.53 bits per heavy atom. The molecule has 4 heteroatoms. The Hall–Kier alpha value is -0.610. The second-order valence-corrected chi connectivity index (χ2v) is 4.64. The quantitative estimate of drug-likeness (QED) is 0.675. The van der Waals surface area contributed by atoms with Crippen LogP contribution in [0.1, 0.15) is 33.1 Å². The Morgan fingerprint density at radius 2 is 2.27 bits per heavy atom. The highest BCUT2D eigenvalue weighted by molar-refractivity contribution is 5.79. The molecule has 1 aliphatic heterocycles. The molecule has 4 nitrogen and oxygen atoms in total. The third-order valence-electron chi connectivity index (χ3n) is 2.90. The van der Waals surface area contributed by atoms with E-state index in [0.29, 0.717) is 6.04 Å². The minimum atomic E-state index is -0.589. The zero-order valence-electron chi connectivity index (χ0n) is 9.93. The van der Waals surface area contributed by atoms with Gasteiger partial charge < -0.3 is 15.4 Å². The lowest BCUT2D eigenvalue weighted by atomic mass is 10.0. The van der Waals surface area contributed by atoms with Crippen LogP contribution in [0.3, 0.4) is 0 Å². The smallest absolute Gasteiger partial charge is 0.325 e. The van der Waals surface area contributed by atoms with Gasteiger partial charge in [0.2, 0.25) is 0 Å². The molecule has 0 aliphatic carbocycles. The first-order valence-electron chi connectivity index (χ1n) is 5.63. The maximum Gasteiger partial charge on any atom is 0.325 e. The molecule has 88 valence electrons. The van der Waals surface area contributed by atoms with E-state index in [2.05, 4.69) is 10.6 Å². The lowest BCUT2D eigenvalue weighted by Crippen LogP contribution is -2.53. The zero-order chi connectivity index (χ0) is 11.3. The summed E-state index contributed by atoms with van der Waals surface area (Å²) in [6, 6.07) is 0.489. The summed E-state index contributed by atoms with van der Waals surface area (Å²) in [5.41, 5.74) is -0.589. The molecule has 0 amide bonds. The summed E-state index contributed by atoms with van der Waals surface area (Å²) in [5, 5.41) is 6.68. The summed E-state index contributed by atoms with van der Waals surface area (Å²) in [6.07, 6.45) is 3.72. The summed E-state index contributed by atoms with van der Waals surface area (Å²) in [6.45, 7) is 5.61. The molecule has 1 atom stereocenters. The summed E-state index contributed by atoms with van der Waals surface area (Å²) >= 11 is 0. The van der Waals surface area contributed by atoms with E-state index in [1.165, 1.54) is 26.4 Å². The fourth-order valence-corrected chi connectivity index (χ4v) is 1.80. The second kappa shape index (κ2) is 5.47. The molecule has 0 radical (unpaired) electrons. The van der Waals surface area contributed by atoms with Crippen molar-refractivity contribution in [3.8, 4) is 0 Å². The number of ether oxygens (including phenoxy) is 1. The van der Waals surface area contributed by atoms with Crippen molar-refractivity contribution in [1.29, 1.82) is 0 Å². The molecule has 0 saturated carbocycles. The van der Waals surface area contributed by atoms with Crippen molar-refractivity contribution in [3.63, 3.8) is 0 Å². The molecule has 2 N–H and O–H groups in total. The number of hydrogen-bond acceptors (Lipinski definition) is 4. The molecule has 0 aromatic heterocycles. The molecule has 1 saturated heterocycles. The van der Waals surface area contributed by atoms with Gasteiger partial charge in [-0.25, -0.2) is 0 Å². The molecule has 0 spiro atoms. The van der Waals surface area contributed by atoms with Crippen molar-refractivity contribution in [2.24, 2.45) is 0 Å². The van der Waals surface area contributed by atoms with Crippen molar-refractivity contribution in [2.75, 3.05) is 20.2 Å². The fourth-order valence-electron chi connectivity index (χ4n) is 1.80. The lowest BCUT2D eigenvalue weighted by molar-refractivity contribution is -0.147.